The lowest BCUT2D eigenvalue weighted by Crippen LogP contribution is -2.36. The van der Waals surface area contributed by atoms with E-state index in [9.17, 15) is 16.8 Å². The second-order valence-corrected chi connectivity index (χ2v) is 11.1. The highest BCUT2D eigenvalue weighted by Crippen LogP contribution is 2.19. The molecule has 11 heteroatoms. The lowest BCUT2D eigenvalue weighted by molar-refractivity contribution is 0.248. The van der Waals surface area contributed by atoms with Gasteiger partial charge in [-0.3, -0.25) is 9.11 Å². The van der Waals surface area contributed by atoms with Crippen LogP contribution in [0.1, 0.15) is 12.8 Å². The van der Waals surface area contributed by atoms with Crippen LogP contribution in [-0.4, -0.2) is 59.7 Å². The molecule has 0 aliphatic rings. The zero-order chi connectivity index (χ0) is 15.3. The second-order valence-electron chi connectivity index (χ2n) is 4.32. The normalized spacial score (nSPS) is 15.4. The first kappa shape index (κ1) is 19.0. The van der Waals surface area contributed by atoms with Crippen LogP contribution in [0.25, 0.3) is 0 Å². The fourth-order valence-corrected chi connectivity index (χ4v) is 5.22. The summed E-state index contributed by atoms with van der Waals surface area (Å²) >= 11 is 0. The molecule has 2 N–H and O–H groups in total. The molecule has 0 saturated carbocycles. The first-order valence-corrected chi connectivity index (χ1v) is 11.1. The second kappa shape index (κ2) is 7.11. The molecule has 0 aromatic carbocycles. The van der Waals surface area contributed by atoms with E-state index < -0.39 is 39.8 Å². The van der Waals surface area contributed by atoms with Crippen LogP contribution in [0.15, 0.2) is 0 Å². The van der Waals surface area contributed by atoms with Crippen molar-refractivity contribution < 1.29 is 34.8 Å². The Labute approximate surface area is 114 Å². The van der Waals surface area contributed by atoms with Gasteiger partial charge in [0.15, 0.2) is 0 Å². The molecule has 0 rings (SSSR count). The Hall–Kier alpha value is -0.0431. The molecule has 1 unspecified atom stereocenters. The third-order valence-electron chi connectivity index (χ3n) is 2.84. The van der Waals surface area contributed by atoms with Crippen LogP contribution < -0.4 is 0 Å². The fraction of sp³-hybridized carbons (Fsp3) is 1.00. The molecule has 0 spiro atoms. The quantitative estimate of drug-likeness (QED) is 0.454. The zero-order valence-electron chi connectivity index (χ0n) is 11.1. The smallest absolute Gasteiger partial charge is 0.334 e. The average molecular weight is 336 g/mol. The molecule has 0 bridgehead atoms. The van der Waals surface area contributed by atoms with Crippen LogP contribution in [0.5, 0.6) is 0 Å². The maximum Gasteiger partial charge on any atom is 0.334 e. The highest BCUT2D eigenvalue weighted by atomic mass is 32.2. The van der Waals surface area contributed by atoms with E-state index in [1.54, 1.807) is 6.55 Å². The van der Waals surface area contributed by atoms with Gasteiger partial charge in [0.1, 0.15) is 5.25 Å². The summed E-state index contributed by atoms with van der Waals surface area (Å²) in [4.78, 5) is 0. The van der Waals surface area contributed by atoms with Crippen LogP contribution in [0.3, 0.4) is 0 Å². The molecule has 116 valence electrons. The van der Waals surface area contributed by atoms with Crippen LogP contribution >= 0.6 is 0 Å². The number of hydrogen-bond acceptors (Lipinski definition) is 6. The summed E-state index contributed by atoms with van der Waals surface area (Å²) in [6.07, 6.45) is 0.193. The van der Waals surface area contributed by atoms with Gasteiger partial charge in [-0.1, -0.05) is 0 Å². The Morgan fingerprint density at radius 1 is 1.11 bits per heavy atom. The third kappa shape index (κ3) is 7.97. The van der Waals surface area contributed by atoms with E-state index in [1.165, 1.54) is 14.2 Å². The zero-order valence-corrected chi connectivity index (χ0v) is 13.7. The van der Waals surface area contributed by atoms with Crippen molar-refractivity contribution in [1.29, 1.82) is 0 Å². The van der Waals surface area contributed by atoms with E-state index in [0.717, 1.165) is 0 Å². The van der Waals surface area contributed by atoms with E-state index in [0.29, 0.717) is 12.5 Å². The molecule has 0 aliphatic heterocycles. The average Bonchev–Trinajstić information content (AvgIpc) is 2.24. The number of hydrogen-bond donors (Lipinski definition) is 2. The van der Waals surface area contributed by atoms with E-state index in [4.69, 9.17) is 18.0 Å². The van der Waals surface area contributed by atoms with Crippen molar-refractivity contribution in [1.82, 2.24) is 0 Å². The van der Waals surface area contributed by atoms with E-state index in [1.807, 2.05) is 0 Å². The summed E-state index contributed by atoms with van der Waals surface area (Å²) in [5.41, 5.74) is 0. The van der Waals surface area contributed by atoms with Gasteiger partial charge < -0.3 is 8.85 Å². The van der Waals surface area contributed by atoms with Crippen LogP contribution in [0, 0.1) is 0 Å². The maximum atomic E-state index is 11.0. The molecule has 0 amide bonds. The predicted molar refractivity (Wildman–Crippen MR) is 71.4 cm³/mol. The molecule has 0 saturated heterocycles. The molecular weight excluding hydrogens is 316 g/mol. The number of rotatable bonds is 9. The van der Waals surface area contributed by atoms with Crippen molar-refractivity contribution in [2.24, 2.45) is 0 Å². The van der Waals surface area contributed by atoms with Gasteiger partial charge in [-0.25, -0.2) is 0 Å². The summed E-state index contributed by atoms with van der Waals surface area (Å²) < 4.78 is 71.4. The Kier molecular flexibility index (Phi) is 7.09. The van der Waals surface area contributed by atoms with Gasteiger partial charge in [-0.05, 0) is 25.4 Å². The molecule has 0 aromatic heterocycles. The summed E-state index contributed by atoms with van der Waals surface area (Å²) in [6.45, 7) is 1.78. The van der Waals surface area contributed by atoms with E-state index in [-0.39, 0.29) is 6.42 Å². The Morgan fingerprint density at radius 2 is 1.58 bits per heavy atom. The van der Waals surface area contributed by atoms with Crippen LogP contribution in [-0.2, 0) is 29.1 Å². The molecule has 0 heterocycles. The van der Waals surface area contributed by atoms with Gasteiger partial charge in [0.2, 0.25) is 0 Å². The van der Waals surface area contributed by atoms with Crippen LogP contribution in [0.2, 0.25) is 12.6 Å². The monoisotopic (exact) mass is 336 g/mol. The first-order chi connectivity index (χ1) is 8.43. The fourth-order valence-electron chi connectivity index (χ4n) is 1.49. The molecule has 1 atom stereocenters. The van der Waals surface area contributed by atoms with Crippen molar-refractivity contribution in [2.45, 2.75) is 30.7 Å². The maximum absolute atomic E-state index is 11.0. The summed E-state index contributed by atoms with van der Waals surface area (Å²) in [7, 11) is -8.42. The summed E-state index contributed by atoms with van der Waals surface area (Å²) in [5.74, 6) is -1.02. The largest absolute Gasteiger partial charge is 0.398 e. The van der Waals surface area contributed by atoms with Gasteiger partial charge in [-0.2, -0.15) is 16.8 Å². The predicted octanol–water partition coefficient (Wildman–Crippen LogP) is 0.276. The molecule has 0 fully saturated rings. The minimum absolute atomic E-state index is 0.103. The van der Waals surface area contributed by atoms with Gasteiger partial charge in [-0.15, -0.1) is 0 Å². The summed E-state index contributed by atoms with van der Waals surface area (Å²) in [6, 6.07) is 0.442. The molecule has 19 heavy (non-hydrogen) atoms. The van der Waals surface area contributed by atoms with Gasteiger partial charge in [0, 0.05) is 14.2 Å². The highest BCUT2D eigenvalue weighted by molar-refractivity contribution is 7.90. The van der Waals surface area contributed by atoms with E-state index >= 15 is 0 Å². The van der Waals surface area contributed by atoms with Gasteiger partial charge in [0.05, 0.1) is 5.75 Å². The standard InChI is InChI=1S/C8H20O8S2Si/c1-15-19(3,16-2)6-4-5-8(18(12,13)14)7-17(9,10)11/h8H,4-7H2,1-3H3,(H,9,10,11)(H,12,13,14). The van der Waals surface area contributed by atoms with Crippen LogP contribution in [0.4, 0.5) is 0 Å². The lowest BCUT2D eigenvalue weighted by Gasteiger charge is -2.23. The minimum Gasteiger partial charge on any atom is -0.398 e. The highest BCUT2D eigenvalue weighted by Gasteiger charge is 2.32. The molecule has 8 nitrogen and oxygen atoms in total. The van der Waals surface area contributed by atoms with Crippen molar-refractivity contribution in [3.05, 3.63) is 0 Å². The Morgan fingerprint density at radius 3 is 1.89 bits per heavy atom. The third-order valence-corrected chi connectivity index (χ3v) is 8.11. The molecular formula is C8H20O8S2Si. The topological polar surface area (TPSA) is 127 Å². The lowest BCUT2D eigenvalue weighted by atomic mass is 10.3. The van der Waals surface area contributed by atoms with Crippen molar-refractivity contribution in [3.63, 3.8) is 0 Å². The molecule has 0 radical (unpaired) electrons. The van der Waals surface area contributed by atoms with Gasteiger partial charge >= 0.3 is 8.56 Å². The molecule has 0 aromatic rings. The Balaban J connectivity index is 4.63. The minimum atomic E-state index is -4.53. The first-order valence-electron chi connectivity index (χ1n) is 5.45. The Bertz CT molecular complexity index is 467. The van der Waals surface area contributed by atoms with Crippen molar-refractivity contribution in [3.8, 4) is 0 Å². The SMILES string of the molecule is CO[Si](C)(CCCC(CS(=O)(=O)O)S(=O)(=O)O)OC. The van der Waals surface area contributed by atoms with E-state index in [2.05, 4.69) is 0 Å². The molecule has 0 aliphatic carbocycles. The summed E-state index contributed by atoms with van der Waals surface area (Å²) in [5, 5.41) is -1.55. The van der Waals surface area contributed by atoms with Crippen molar-refractivity contribution in [2.75, 3.05) is 20.0 Å². The van der Waals surface area contributed by atoms with Crippen molar-refractivity contribution >= 4 is 28.8 Å². The van der Waals surface area contributed by atoms with Gasteiger partial charge in [0.25, 0.3) is 20.2 Å².